The lowest BCUT2D eigenvalue weighted by Crippen LogP contribution is -2.37. The molecule has 19 heavy (non-hydrogen) atoms. The summed E-state index contributed by atoms with van der Waals surface area (Å²) >= 11 is 0. The number of hydrogen-bond donors (Lipinski definition) is 0. The number of hydrogen-bond acceptors (Lipinski definition) is 5. The topological polar surface area (TPSA) is 79.6 Å². The van der Waals surface area contributed by atoms with E-state index in [1.165, 1.54) is 13.0 Å². The molecule has 1 aromatic heterocycles. The molecule has 0 aliphatic rings. The summed E-state index contributed by atoms with van der Waals surface area (Å²) in [5.41, 5.74) is 1.35. The van der Waals surface area contributed by atoms with Gasteiger partial charge in [-0.25, -0.2) is 4.79 Å². The number of benzene rings is 1. The van der Waals surface area contributed by atoms with Gasteiger partial charge in [-0.3, -0.25) is 0 Å². The molecule has 2 rings (SSSR count). The zero-order chi connectivity index (χ0) is 14.2. The summed E-state index contributed by atoms with van der Waals surface area (Å²) in [4.78, 5) is 22.1. The lowest BCUT2D eigenvalue weighted by Gasteiger charge is -2.17. The first kappa shape index (κ1) is 13.1. The van der Waals surface area contributed by atoms with Crippen molar-refractivity contribution >= 4 is 16.9 Å². The second-order valence-corrected chi connectivity index (χ2v) is 4.39. The minimum Gasteiger partial charge on any atom is -0.546 e. The van der Waals surface area contributed by atoms with E-state index in [0.29, 0.717) is 16.9 Å². The van der Waals surface area contributed by atoms with Crippen LogP contribution in [0.4, 0.5) is 0 Å². The first-order chi connectivity index (χ1) is 8.90. The second-order valence-electron chi connectivity index (χ2n) is 4.39. The van der Waals surface area contributed by atoms with Crippen LogP contribution < -0.4 is 15.5 Å². The van der Waals surface area contributed by atoms with Crippen molar-refractivity contribution < 1.29 is 19.1 Å². The molecule has 0 saturated carbocycles. The fourth-order valence-electron chi connectivity index (χ4n) is 1.87. The van der Waals surface area contributed by atoms with Gasteiger partial charge in [0.05, 0.1) is 5.97 Å². The van der Waals surface area contributed by atoms with E-state index >= 15 is 0 Å². The summed E-state index contributed by atoms with van der Waals surface area (Å²) in [7, 11) is 0. The Bertz CT molecular complexity index is 699. The molecule has 5 nitrogen and oxygen atoms in total. The fourth-order valence-corrected chi connectivity index (χ4v) is 1.87. The number of rotatable bonds is 3. The molecule has 100 valence electrons. The normalized spacial score (nSPS) is 12.4. The van der Waals surface area contributed by atoms with Gasteiger partial charge in [0.15, 0.2) is 0 Å². The largest absolute Gasteiger partial charge is 0.546 e. The highest BCUT2D eigenvalue weighted by atomic mass is 16.5. The lowest BCUT2D eigenvalue weighted by molar-refractivity contribution is -0.312. The standard InChI is InChI=1S/C14H14O5/c1-7-6-12(15)19-13-8(2)11(5-4-10(7)13)18-9(3)14(16)17/h4-6,9H,1-3H3,(H,16,17)/p-1/t9-/m0/s1. The van der Waals surface area contributed by atoms with Crippen molar-refractivity contribution in [3.63, 3.8) is 0 Å². The van der Waals surface area contributed by atoms with Crippen molar-refractivity contribution in [2.24, 2.45) is 0 Å². The molecule has 0 bridgehead atoms. The summed E-state index contributed by atoms with van der Waals surface area (Å²) in [6, 6.07) is 4.80. The van der Waals surface area contributed by atoms with E-state index in [1.54, 1.807) is 19.1 Å². The number of carboxylic acid groups (broad SMARTS) is 1. The Morgan fingerprint density at radius 1 is 1.37 bits per heavy atom. The van der Waals surface area contributed by atoms with Crippen molar-refractivity contribution in [2.75, 3.05) is 0 Å². The van der Waals surface area contributed by atoms with Crippen LogP contribution in [-0.2, 0) is 4.79 Å². The molecular weight excluding hydrogens is 248 g/mol. The molecule has 5 heteroatoms. The summed E-state index contributed by atoms with van der Waals surface area (Å²) < 4.78 is 10.4. The van der Waals surface area contributed by atoms with Gasteiger partial charge in [0.2, 0.25) is 0 Å². The van der Waals surface area contributed by atoms with Gasteiger partial charge in [0, 0.05) is 17.0 Å². The van der Waals surface area contributed by atoms with Crippen LogP contribution in [0.3, 0.4) is 0 Å². The molecule has 0 amide bonds. The Balaban J connectivity index is 2.57. The maximum Gasteiger partial charge on any atom is 0.336 e. The van der Waals surface area contributed by atoms with Crippen LogP contribution >= 0.6 is 0 Å². The van der Waals surface area contributed by atoms with E-state index in [-0.39, 0.29) is 0 Å². The third kappa shape index (κ3) is 2.45. The Kier molecular flexibility index (Phi) is 3.29. The van der Waals surface area contributed by atoms with Gasteiger partial charge >= 0.3 is 5.63 Å². The minimum atomic E-state index is -1.30. The molecule has 0 N–H and O–H groups in total. The number of carboxylic acids is 1. The molecule has 1 heterocycles. The van der Waals surface area contributed by atoms with Gasteiger partial charge in [0.25, 0.3) is 0 Å². The van der Waals surface area contributed by atoms with Crippen LogP contribution in [0.15, 0.2) is 27.4 Å². The zero-order valence-electron chi connectivity index (χ0n) is 10.9. The molecule has 0 aliphatic carbocycles. The Morgan fingerprint density at radius 3 is 2.68 bits per heavy atom. The molecule has 1 aromatic carbocycles. The highest BCUT2D eigenvalue weighted by molar-refractivity contribution is 5.84. The predicted octanol–water partition coefficient (Wildman–Crippen LogP) is 0.927. The third-order valence-electron chi connectivity index (χ3n) is 2.95. The van der Waals surface area contributed by atoms with Crippen LogP contribution in [-0.4, -0.2) is 12.1 Å². The van der Waals surface area contributed by atoms with Crippen LogP contribution in [0, 0.1) is 13.8 Å². The van der Waals surface area contributed by atoms with Crippen molar-refractivity contribution in [2.45, 2.75) is 26.9 Å². The van der Waals surface area contributed by atoms with Gasteiger partial charge in [-0.1, -0.05) is 0 Å². The highest BCUT2D eigenvalue weighted by Gasteiger charge is 2.12. The highest BCUT2D eigenvalue weighted by Crippen LogP contribution is 2.28. The van der Waals surface area contributed by atoms with E-state index < -0.39 is 17.7 Å². The zero-order valence-corrected chi connectivity index (χ0v) is 10.9. The molecule has 0 aliphatic heterocycles. The molecule has 1 atom stereocenters. The molecule has 0 unspecified atom stereocenters. The monoisotopic (exact) mass is 261 g/mol. The van der Waals surface area contributed by atoms with Gasteiger partial charge in [-0.2, -0.15) is 0 Å². The number of fused-ring (bicyclic) bond motifs is 1. The SMILES string of the molecule is Cc1cc(=O)oc2c(C)c(O[C@@H](C)C(=O)[O-])ccc12. The van der Waals surface area contributed by atoms with E-state index in [1.807, 2.05) is 6.92 Å². The maximum absolute atomic E-state index is 11.4. The Morgan fingerprint density at radius 2 is 2.05 bits per heavy atom. The quantitative estimate of drug-likeness (QED) is 0.768. The smallest absolute Gasteiger partial charge is 0.336 e. The van der Waals surface area contributed by atoms with Crippen LogP contribution in [0.1, 0.15) is 18.1 Å². The van der Waals surface area contributed by atoms with Crippen molar-refractivity contribution in [3.8, 4) is 5.75 Å². The van der Waals surface area contributed by atoms with Gasteiger partial charge < -0.3 is 19.1 Å². The summed E-state index contributed by atoms with van der Waals surface area (Å²) in [6.07, 6.45) is -1.08. The molecule has 2 aromatic rings. The van der Waals surface area contributed by atoms with E-state index in [0.717, 1.165) is 10.9 Å². The van der Waals surface area contributed by atoms with E-state index in [9.17, 15) is 14.7 Å². The predicted molar refractivity (Wildman–Crippen MR) is 67.1 cm³/mol. The first-order valence-electron chi connectivity index (χ1n) is 5.81. The lowest BCUT2D eigenvalue weighted by atomic mass is 10.1. The van der Waals surface area contributed by atoms with Crippen molar-refractivity contribution in [1.29, 1.82) is 0 Å². The third-order valence-corrected chi connectivity index (χ3v) is 2.95. The maximum atomic E-state index is 11.4. The molecular formula is C14H13O5-. The Hall–Kier alpha value is -2.30. The van der Waals surface area contributed by atoms with E-state index in [2.05, 4.69) is 0 Å². The number of ether oxygens (including phenoxy) is 1. The second kappa shape index (κ2) is 4.76. The average molecular weight is 261 g/mol. The van der Waals surface area contributed by atoms with Crippen LogP contribution in [0.25, 0.3) is 11.0 Å². The van der Waals surface area contributed by atoms with Gasteiger partial charge in [-0.15, -0.1) is 0 Å². The number of carbonyl (C=O) groups excluding carboxylic acids is 1. The van der Waals surface area contributed by atoms with Crippen molar-refractivity contribution in [1.82, 2.24) is 0 Å². The summed E-state index contributed by atoms with van der Waals surface area (Å²) in [5, 5.41) is 11.5. The first-order valence-corrected chi connectivity index (χ1v) is 5.81. The van der Waals surface area contributed by atoms with Crippen LogP contribution in [0.5, 0.6) is 5.75 Å². The number of aliphatic carboxylic acids is 1. The van der Waals surface area contributed by atoms with Crippen LogP contribution in [0.2, 0.25) is 0 Å². The Labute approximate surface area is 109 Å². The summed E-state index contributed by atoms with van der Waals surface area (Å²) in [5.74, 6) is -0.942. The van der Waals surface area contributed by atoms with Gasteiger partial charge in [0.1, 0.15) is 17.4 Å². The minimum absolute atomic E-state index is 0.359. The molecule has 0 radical (unpaired) electrons. The number of carbonyl (C=O) groups is 1. The fraction of sp³-hybridized carbons (Fsp3) is 0.286. The van der Waals surface area contributed by atoms with Crippen molar-refractivity contribution in [3.05, 3.63) is 39.7 Å². The molecule has 0 spiro atoms. The summed E-state index contributed by atoms with van der Waals surface area (Å²) in [6.45, 7) is 4.90. The average Bonchev–Trinajstić information content (AvgIpc) is 2.33. The van der Waals surface area contributed by atoms with Gasteiger partial charge in [-0.05, 0) is 38.5 Å². The number of aryl methyl sites for hydroxylation is 2. The molecule has 0 saturated heterocycles. The molecule has 0 fully saturated rings. The van der Waals surface area contributed by atoms with E-state index in [4.69, 9.17) is 9.15 Å².